The van der Waals surface area contributed by atoms with Crippen LogP contribution in [0.5, 0.6) is 0 Å². The largest absolute Gasteiger partial charge is 0.468 e. The van der Waals surface area contributed by atoms with Crippen molar-refractivity contribution >= 4 is 17.6 Å². The van der Waals surface area contributed by atoms with E-state index in [1.54, 1.807) is 0 Å². The molecule has 0 spiro atoms. The number of hydrogen-bond donors (Lipinski definition) is 1. The molecule has 1 rings (SSSR count). The van der Waals surface area contributed by atoms with Crippen molar-refractivity contribution in [3.05, 3.63) is 34.6 Å². The van der Waals surface area contributed by atoms with E-state index in [9.17, 15) is 9.18 Å². The molecule has 0 amide bonds. The highest BCUT2D eigenvalue weighted by Gasteiger charge is 2.23. The summed E-state index contributed by atoms with van der Waals surface area (Å²) >= 11 is 5.97. The van der Waals surface area contributed by atoms with Gasteiger partial charge in [0.2, 0.25) is 0 Å². The summed E-state index contributed by atoms with van der Waals surface area (Å²) in [5.41, 5.74) is 0.508. The molecule has 1 unspecified atom stereocenters. The fourth-order valence-corrected chi connectivity index (χ4v) is 1.88. The Labute approximate surface area is 117 Å². The molecule has 4 nitrogen and oxygen atoms in total. The summed E-state index contributed by atoms with van der Waals surface area (Å²) in [5.74, 6) is -0.891. The van der Waals surface area contributed by atoms with Crippen LogP contribution in [0.25, 0.3) is 0 Å². The quantitative estimate of drug-likeness (QED) is 0.811. The molecule has 0 radical (unpaired) electrons. The topological polar surface area (TPSA) is 41.6 Å². The minimum atomic E-state index is -0.696. The number of rotatable bonds is 6. The van der Waals surface area contributed by atoms with Gasteiger partial charge < -0.3 is 9.64 Å². The Balaban J connectivity index is 2.87. The number of hydrogen-bond acceptors (Lipinski definition) is 4. The molecule has 0 aliphatic rings. The van der Waals surface area contributed by atoms with Crippen molar-refractivity contribution in [2.75, 3.05) is 34.3 Å². The molecule has 1 atom stereocenters. The molecule has 0 saturated heterocycles. The van der Waals surface area contributed by atoms with Crippen molar-refractivity contribution < 1.29 is 13.9 Å². The van der Waals surface area contributed by atoms with E-state index < -0.39 is 17.8 Å². The van der Waals surface area contributed by atoms with Gasteiger partial charge >= 0.3 is 5.97 Å². The monoisotopic (exact) mass is 288 g/mol. The summed E-state index contributed by atoms with van der Waals surface area (Å²) in [6.07, 6.45) is 0. The third kappa shape index (κ3) is 4.78. The molecule has 0 aliphatic carbocycles. The summed E-state index contributed by atoms with van der Waals surface area (Å²) in [4.78, 5) is 13.8. The average molecular weight is 289 g/mol. The van der Waals surface area contributed by atoms with Crippen molar-refractivity contribution in [2.24, 2.45) is 0 Å². The van der Waals surface area contributed by atoms with E-state index in [1.807, 2.05) is 19.0 Å². The highest BCUT2D eigenvalue weighted by atomic mass is 35.5. The number of halogens is 2. The van der Waals surface area contributed by atoms with Crippen molar-refractivity contribution in [3.63, 3.8) is 0 Å². The third-order valence-corrected chi connectivity index (χ3v) is 2.95. The Kier molecular flexibility index (Phi) is 6.21. The number of carbonyl (C=O) groups excluding carboxylic acids is 1. The number of esters is 1. The van der Waals surface area contributed by atoms with Crippen molar-refractivity contribution in [3.8, 4) is 0 Å². The summed E-state index contributed by atoms with van der Waals surface area (Å²) < 4.78 is 17.8. The summed E-state index contributed by atoms with van der Waals surface area (Å²) in [5, 5.41) is 3.26. The molecule has 0 bridgehead atoms. The van der Waals surface area contributed by atoms with Gasteiger partial charge in [-0.25, -0.2) is 9.18 Å². The Bertz CT molecular complexity index is 441. The Morgan fingerprint density at radius 2 is 2.21 bits per heavy atom. The molecule has 0 fully saturated rings. The Hall–Kier alpha value is -1.17. The van der Waals surface area contributed by atoms with Crippen LogP contribution in [0.3, 0.4) is 0 Å². The van der Waals surface area contributed by atoms with Crippen LogP contribution in [0.15, 0.2) is 18.2 Å². The SMILES string of the molecule is COC(=O)C(NCCN(C)C)c1ccc(F)cc1Cl. The van der Waals surface area contributed by atoms with Gasteiger partial charge in [0.1, 0.15) is 11.9 Å². The molecule has 19 heavy (non-hydrogen) atoms. The number of ether oxygens (including phenoxy) is 1. The molecule has 1 aromatic rings. The lowest BCUT2D eigenvalue weighted by Gasteiger charge is -2.19. The normalized spacial score (nSPS) is 12.5. The van der Waals surface area contributed by atoms with Crippen molar-refractivity contribution in [2.45, 2.75) is 6.04 Å². The van der Waals surface area contributed by atoms with E-state index in [0.29, 0.717) is 12.1 Å². The lowest BCUT2D eigenvalue weighted by atomic mass is 10.1. The summed E-state index contributed by atoms with van der Waals surface area (Å²) in [6, 6.07) is 3.24. The first-order valence-electron chi connectivity index (χ1n) is 5.86. The minimum absolute atomic E-state index is 0.202. The molecule has 106 valence electrons. The van der Waals surface area contributed by atoms with E-state index >= 15 is 0 Å². The highest BCUT2D eigenvalue weighted by Crippen LogP contribution is 2.24. The van der Waals surface area contributed by atoms with Gasteiger partial charge in [0, 0.05) is 18.1 Å². The number of nitrogens with zero attached hydrogens (tertiary/aromatic N) is 1. The zero-order chi connectivity index (χ0) is 14.4. The second kappa shape index (κ2) is 7.43. The molecule has 0 heterocycles. The average Bonchev–Trinajstić information content (AvgIpc) is 2.34. The maximum absolute atomic E-state index is 13.0. The molecule has 0 aromatic heterocycles. The lowest BCUT2D eigenvalue weighted by molar-refractivity contribution is -0.143. The second-order valence-corrected chi connectivity index (χ2v) is 4.79. The van der Waals surface area contributed by atoms with Crippen LogP contribution in [0.1, 0.15) is 11.6 Å². The molecule has 0 saturated carbocycles. The van der Waals surface area contributed by atoms with Gasteiger partial charge in [-0.2, -0.15) is 0 Å². The van der Waals surface area contributed by atoms with Gasteiger partial charge in [-0.05, 0) is 31.8 Å². The van der Waals surface area contributed by atoms with Crippen LogP contribution in [0.2, 0.25) is 5.02 Å². The fraction of sp³-hybridized carbons (Fsp3) is 0.462. The fourth-order valence-electron chi connectivity index (χ4n) is 1.61. The second-order valence-electron chi connectivity index (χ2n) is 4.38. The molecule has 1 aromatic carbocycles. The number of likely N-dealkylation sites (N-methyl/N-ethyl adjacent to an activating group) is 1. The summed E-state index contributed by atoms with van der Waals surface area (Å²) in [6.45, 7) is 1.34. The summed E-state index contributed by atoms with van der Waals surface area (Å²) in [7, 11) is 5.17. The highest BCUT2D eigenvalue weighted by molar-refractivity contribution is 6.31. The third-order valence-electron chi connectivity index (χ3n) is 2.62. The Morgan fingerprint density at radius 3 is 2.74 bits per heavy atom. The maximum atomic E-state index is 13.0. The van der Waals surface area contributed by atoms with E-state index in [2.05, 4.69) is 5.32 Å². The molecular formula is C13H18ClFN2O2. The zero-order valence-corrected chi connectivity index (χ0v) is 12.0. The van der Waals surface area contributed by atoms with Crippen LogP contribution in [0.4, 0.5) is 4.39 Å². The van der Waals surface area contributed by atoms with Gasteiger partial charge in [0.05, 0.1) is 7.11 Å². The van der Waals surface area contributed by atoms with Gasteiger partial charge in [-0.15, -0.1) is 0 Å². The van der Waals surface area contributed by atoms with Crippen LogP contribution < -0.4 is 5.32 Å². The van der Waals surface area contributed by atoms with Crippen LogP contribution in [-0.2, 0) is 9.53 Å². The lowest BCUT2D eigenvalue weighted by Crippen LogP contribution is -2.34. The van der Waals surface area contributed by atoms with Crippen LogP contribution >= 0.6 is 11.6 Å². The molecule has 0 aliphatic heterocycles. The van der Waals surface area contributed by atoms with E-state index in [-0.39, 0.29) is 5.02 Å². The number of nitrogens with one attached hydrogen (secondary N) is 1. The van der Waals surface area contributed by atoms with Crippen LogP contribution in [-0.4, -0.2) is 45.2 Å². The van der Waals surface area contributed by atoms with Crippen molar-refractivity contribution in [1.29, 1.82) is 0 Å². The predicted octanol–water partition coefficient (Wildman–Crippen LogP) is 1.84. The first-order chi connectivity index (χ1) is 8.95. The molecule has 6 heteroatoms. The first-order valence-corrected chi connectivity index (χ1v) is 6.24. The molecular weight excluding hydrogens is 271 g/mol. The predicted molar refractivity (Wildman–Crippen MR) is 72.7 cm³/mol. The van der Waals surface area contributed by atoms with Crippen molar-refractivity contribution in [1.82, 2.24) is 10.2 Å². The van der Waals surface area contributed by atoms with Crippen LogP contribution in [0, 0.1) is 5.82 Å². The molecule has 1 N–H and O–H groups in total. The minimum Gasteiger partial charge on any atom is -0.468 e. The Morgan fingerprint density at radius 1 is 1.53 bits per heavy atom. The van der Waals surface area contributed by atoms with Gasteiger partial charge in [-0.3, -0.25) is 5.32 Å². The van der Waals surface area contributed by atoms with E-state index in [0.717, 1.165) is 6.54 Å². The van der Waals surface area contributed by atoms with Gasteiger partial charge in [-0.1, -0.05) is 17.7 Å². The zero-order valence-electron chi connectivity index (χ0n) is 11.2. The standard InChI is InChI=1S/C13H18ClFN2O2/c1-17(2)7-6-16-12(13(18)19-3)10-5-4-9(15)8-11(10)14/h4-5,8,12,16H,6-7H2,1-3H3. The van der Waals surface area contributed by atoms with Gasteiger partial charge in [0.15, 0.2) is 0 Å². The number of carbonyl (C=O) groups is 1. The number of methoxy groups -OCH3 is 1. The van der Waals surface area contributed by atoms with E-state index in [1.165, 1.54) is 25.3 Å². The maximum Gasteiger partial charge on any atom is 0.327 e. The number of benzene rings is 1. The van der Waals surface area contributed by atoms with E-state index in [4.69, 9.17) is 16.3 Å². The van der Waals surface area contributed by atoms with Gasteiger partial charge in [0.25, 0.3) is 0 Å². The smallest absolute Gasteiger partial charge is 0.327 e. The first kappa shape index (κ1) is 15.9.